The number of hydrogen-bond donors (Lipinski definition) is 1. The Balaban J connectivity index is 2.68. The van der Waals surface area contributed by atoms with Gasteiger partial charge >= 0.3 is 0 Å². The number of methoxy groups -OCH3 is 1. The number of aliphatic imine (C=N–C) groups is 1. The fraction of sp³-hybridized carbons (Fsp3) is 0.909. The maximum Gasteiger partial charge on any atom is 0.193 e. The molecule has 18 heavy (non-hydrogen) atoms. The summed E-state index contributed by atoms with van der Waals surface area (Å²) in [6, 6.07) is 0. The molecule has 0 aromatic carbocycles. The molecule has 1 heterocycles. The summed E-state index contributed by atoms with van der Waals surface area (Å²) in [6.45, 7) is 5.72. The number of rotatable bonds is 3. The molecule has 7 heteroatoms. The van der Waals surface area contributed by atoms with Crippen molar-refractivity contribution in [3.63, 3.8) is 0 Å². The molecule has 6 nitrogen and oxygen atoms in total. The number of nitrogens with one attached hydrogen (secondary N) is 1. The second kappa shape index (κ2) is 5.88. The maximum atomic E-state index is 11.9. The first kappa shape index (κ1) is 15.2. The third-order valence-corrected chi connectivity index (χ3v) is 5.68. The van der Waals surface area contributed by atoms with E-state index >= 15 is 0 Å². The van der Waals surface area contributed by atoms with E-state index in [1.165, 1.54) is 0 Å². The quantitative estimate of drug-likeness (QED) is 0.436. The average molecular weight is 277 g/mol. The van der Waals surface area contributed by atoms with Crippen molar-refractivity contribution in [3.05, 3.63) is 0 Å². The Hall–Kier alpha value is -0.820. The largest absolute Gasteiger partial charge is 0.383 e. The highest BCUT2D eigenvalue weighted by molar-refractivity contribution is 7.92. The van der Waals surface area contributed by atoms with E-state index in [9.17, 15) is 8.42 Å². The van der Waals surface area contributed by atoms with Crippen LogP contribution in [-0.2, 0) is 14.6 Å². The van der Waals surface area contributed by atoms with E-state index in [1.54, 1.807) is 28.0 Å². The first-order valence-electron chi connectivity index (χ1n) is 6.01. The molecule has 0 aromatic rings. The first-order valence-corrected chi connectivity index (χ1v) is 7.66. The van der Waals surface area contributed by atoms with Gasteiger partial charge in [-0.3, -0.25) is 4.99 Å². The lowest BCUT2D eigenvalue weighted by atomic mass is 10.2. The molecule has 0 radical (unpaired) electrons. The Labute approximate surface area is 109 Å². The normalized spacial score (nSPS) is 22.9. The molecule has 1 rings (SSSR count). The van der Waals surface area contributed by atoms with Gasteiger partial charge in [-0.2, -0.15) is 0 Å². The van der Waals surface area contributed by atoms with Gasteiger partial charge < -0.3 is 15.0 Å². The lowest BCUT2D eigenvalue weighted by Gasteiger charge is -2.39. The predicted molar refractivity (Wildman–Crippen MR) is 72.7 cm³/mol. The Morgan fingerprint density at radius 1 is 1.50 bits per heavy atom. The van der Waals surface area contributed by atoms with Gasteiger partial charge in [0.25, 0.3) is 0 Å². The van der Waals surface area contributed by atoms with Gasteiger partial charge in [0, 0.05) is 33.8 Å². The summed E-state index contributed by atoms with van der Waals surface area (Å²) < 4.78 is 28.1. The van der Waals surface area contributed by atoms with Gasteiger partial charge in [-0.05, 0) is 13.8 Å². The zero-order valence-electron chi connectivity index (χ0n) is 11.6. The van der Waals surface area contributed by atoms with Crippen molar-refractivity contribution in [2.75, 3.05) is 46.2 Å². The minimum atomic E-state index is -3.01. The maximum absolute atomic E-state index is 11.9. The number of hydrogen-bond acceptors (Lipinski definition) is 4. The highest BCUT2D eigenvalue weighted by Gasteiger charge is 2.40. The highest BCUT2D eigenvalue weighted by Crippen LogP contribution is 2.23. The van der Waals surface area contributed by atoms with Crippen molar-refractivity contribution >= 4 is 15.8 Å². The molecule has 1 saturated heterocycles. The Bertz CT molecular complexity index is 404. The highest BCUT2D eigenvalue weighted by atomic mass is 32.2. The minimum Gasteiger partial charge on any atom is -0.383 e. The molecule has 0 bridgehead atoms. The van der Waals surface area contributed by atoms with Crippen LogP contribution in [0, 0.1) is 0 Å². The fourth-order valence-electron chi connectivity index (χ4n) is 1.92. The minimum absolute atomic E-state index is 0.172. The molecule has 0 amide bonds. The van der Waals surface area contributed by atoms with Crippen LogP contribution in [0.3, 0.4) is 0 Å². The summed E-state index contributed by atoms with van der Waals surface area (Å²) in [7, 11) is 0.330. The summed E-state index contributed by atoms with van der Waals surface area (Å²) in [6.07, 6.45) is 0. The van der Waals surface area contributed by atoms with Gasteiger partial charge in [0.1, 0.15) is 0 Å². The smallest absolute Gasteiger partial charge is 0.193 e. The second-order valence-electron chi connectivity index (χ2n) is 4.97. The molecule has 106 valence electrons. The van der Waals surface area contributed by atoms with Crippen LogP contribution in [0.5, 0.6) is 0 Å². The third-order valence-electron chi connectivity index (χ3n) is 3.14. The molecular formula is C11H23N3O3S. The van der Waals surface area contributed by atoms with Crippen LogP contribution in [0.15, 0.2) is 4.99 Å². The van der Waals surface area contributed by atoms with Gasteiger partial charge in [0.15, 0.2) is 15.8 Å². The van der Waals surface area contributed by atoms with E-state index in [4.69, 9.17) is 4.74 Å². The van der Waals surface area contributed by atoms with Crippen LogP contribution in [0.1, 0.15) is 13.8 Å². The number of sulfone groups is 1. The standard InChI is InChI=1S/C11H23N3O3S/c1-11(2)9-14(6-8-18(11,15)16)10(12-3)13-5-7-17-4/h5-9H2,1-4H3,(H,12,13). The van der Waals surface area contributed by atoms with Crippen molar-refractivity contribution < 1.29 is 13.2 Å². The van der Waals surface area contributed by atoms with Gasteiger partial charge in [-0.1, -0.05) is 0 Å². The SMILES string of the molecule is CN=C(NCCOC)N1CCS(=O)(=O)C(C)(C)C1. The van der Waals surface area contributed by atoms with Gasteiger partial charge in [-0.25, -0.2) is 8.42 Å². The first-order chi connectivity index (χ1) is 8.34. The van der Waals surface area contributed by atoms with E-state index in [0.717, 1.165) is 5.96 Å². The summed E-state index contributed by atoms with van der Waals surface area (Å²) in [5.74, 6) is 0.903. The molecule has 0 spiro atoms. The summed E-state index contributed by atoms with van der Waals surface area (Å²) >= 11 is 0. The second-order valence-corrected chi connectivity index (χ2v) is 7.71. The summed E-state index contributed by atoms with van der Waals surface area (Å²) in [5, 5.41) is 3.16. The van der Waals surface area contributed by atoms with Crippen molar-refractivity contribution in [2.45, 2.75) is 18.6 Å². The summed E-state index contributed by atoms with van der Waals surface area (Å²) in [5.41, 5.74) is 0. The third kappa shape index (κ3) is 3.35. The van der Waals surface area contributed by atoms with Crippen LogP contribution < -0.4 is 5.32 Å². The fourth-order valence-corrected chi connectivity index (χ4v) is 3.29. The van der Waals surface area contributed by atoms with Crippen molar-refractivity contribution in [3.8, 4) is 0 Å². The van der Waals surface area contributed by atoms with Crippen LogP contribution in [-0.4, -0.2) is 70.2 Å². The molecule has 0 atom stereocenters. The number of nitrogens with zero attached hydrogens (tertiary/aromatic N) is 2. The topological polar surface area (TPSA) is 71.0 Å². The molecular weight excluding hydrogens is 254 g/mol. The average Bonchev–Trinajstić information content (AvgIpc) is 2.29. The van der Waals surface area contributed by atoms with Crippen molar-refractivity contribution in [2.24, 2.45) is 4.99 Å². The molecule has 1 N–H and O–H groups in total. The van der Waals surface area contributed by atoms with Crippen LogP contribution in [0.4, 0.5) is 0 Å². The number of ether oxygens (including phenoxy) is 1. The van der Waals surface area contributed by atoms with Gasteiger partial charge in [-0.15, -0.1) is 0 Å². The monoisotopic (exact) mass is 277 g/mol. The zero-order valence-corrected chi connectivity index (χ0v) is 12.4. The molecule has 1 fully saturated rings. The molecule has 0 saturated carbocycles. The van der Waals surface area contributed by atoms with Crippen molar-refractivity contribution in [1.29, 1.82) is 0 Å². The molecule has 1 aliphatic rings. The van der Waals surface area contributed by atoms with E-state index in [2.05, 4.69) is 10.3 Å². The van der Waals surface area contributed by atoms with E-state index in [-0.39, 0.29) is 5.75 Å². The molecule has 0 unspecified atom stereocenters. The Morgan fingerprint density at radius 3 is 2.67 bits per heavy atom. The molecule has 0 aromatic heterocycles. The number of guanidine groups is 1. The zero-order chi connectivity index (χ0) is 13.8. The van der Waals surface area contributed by atoms with Gasteiger partial charge in [0.2, 0.25) is 0 Å². The Morgan fingerprint density at radius 2 is 2.17 bits per heavy atom. The molecule has 1 aliphatic heterocycles. The predicted octanol–water partition coefficient (Wildman–Crippen LogP) is -0.283. The Kier molecular flexibility index (Phi) is 4.98. The lowest BCUT2D eigenvalue weighted by Crippen LogP contribution is -2.57. The van der Waals surface area contributed by atoms with Gasteiger partial charge in [0.05, 0.1) is 17.1 Å². The van der Waals surface area contributed by atoms with Crippen LogP contribution >= 0.6 is 0 Å². The van der Waals surface area contributed by atoms with E-state index < -0.39 is 14.6 Å². The van der Waals surface area contributed by atoms with E-state index in [1.807, 2.05) is 4.90 Å². The van der Waals surface area contributed by atoms with Crippen molar-refractivity contribution in [1.82, 2.24) is 10.2 Å². The molecule has 0 aliphatic carbocycles. The van der Waals surface area contributed by atoms with Crippen LogP contribution in [0.2, 0.25) is 0 Å². The summed E-state index contributed by atoms with van der Waals surface area (Å²) in [4.78, 5) is 6.16. The van der Waals surface area contributed by atoms with E-state index in [0.29, 0.717) is 26.2 Å². The van der Waals surface area contributed by atoms with Crippen LogP contribution in [0.25, 0.3) is 0 Å². The lowest BCUT2D eigenvalue weighted by molar-refractivity contribution is 0.202.